The number of hydrogen-bond acceptors (Lipinski definition) is 6. The number of aromatic amines is 1. The summed E-state index contributed by atoms with van der Waals surface area (Å²) >= 11 is 2.75. The smallest absolute Gasteiger partial charge is 0.252 e. The molecule has 0 aliphatic carbocycles. The second-order valence-corrected chi connectivity index (χ2v) is 5.18. The highest BCUT2D eigenvalue weighted by atomic mass is 32.2. The lowest BCUT2D eigenvalue weighted by Gasteiger charge is -2.02. The Hall–Kier alpha value is -1.73. The minimum Gasteiger partial charge on any atom is -0.301 e. The first kappa shape index (κ1) is 11.4. The van der Waals surface area contributed by atoms with Crippen molar-refractivity contribution in [2.45, 2.75) is 5.16 Å². The Kier molecular flexibility index (Phi) is 2.85. The molecule has 90 valence electrons. The molecule has 18 heavy (non-hydrogen) atoms. The number of benzene rings is 1. The number of thioether (sulfide) groups is 1. The molecule has 2 aromatic heterocycles. The fourth-order valence-corrected chi connectivity index (χ4v) is 2.55. The normalized spacial score (nSPS) is 10.9. The summed E-state index contributed by atoms with van der Waals surface area (Å²) in [4.78, 5) is 18.6. The van der Waals surface area contributed by atoms with Gasteiger partial charge < -0.3 is 4.98 Å². The van der Waals surface area contributed by atoms with Crippen LogP contribution in [-0.2, 0) is 0 Å². The number of hydrogen-bond donors (Lipinski definition) is 1. The van der Waals surface area contributed by atoms with Crippen LogP contribution < -0.4 is 5.56 Å². The van der Waals surface area contributed by atoms with Crippen molar-refractivity contribution in [3.8, 4) is 11.3 Å². The summed E-state index contributed by atoms with van der Waals surface area (Å²) in [5.41, 5.74) is 2.20. The van der Waals surface area contributed by atoms with Gasteiger partial charge in [-0.25, -0.2) is 4.98 Å². The molecular weight excluding hydrogens is 268 g/mol. The first-order chi connectivity index (χ1) is 8.76. The third-order valence-corrected chi connectivity index (χ3v) is 3.74. The summed E-state index contributed by atoms with van der Waals surface area (Å²) in [5, 5.41) is 4.63. The Morgan fingerprint density at radius 3 is 3.06 bits per heavy atom. The molecule has 0 radical (unpaired) electrons. The van der Waals surface area contributed by atoms with Crippen LogP contribution in [-0.4, -0.2) is 25.8 Å². The van der Waals surface area contributed by atoms with Gasteiger partial charge in [0.05, 0.1) is 10.4 Å². The number of nitrogens with zero attached hydrogens (tertiary/aromatic N) is 3. The van der Waals surface area contributed by atoms with E-state index in [-0.39, 0.29) is 5.56 Å². The molecule has 3 aromatic rings. The molecule has 7 heteroatoms. The molecule has 0 saturated heterocycles. The maximum absolute atomic E-state index is 11.5. The zero-order chi connectivity index (χ0) is 12.5. The number of aromatic nitrogens is 4. The molecule has 0 aliphatic heterocycles. The highest BCUT2D eigenvalue weighted by Crippen LogP contribution is 2.23. The van der Waals surface area contributed by atoms with E-state index < -0.39 is 0 Å². The minimum atomic E-state index is -0.152. The highest BCUT2D eigenvalue weighted by molar-refractivity contribution is 7.98. The number of fused-ring (bicyclic) bond motifs is 1. The van der Waals surface area contributed by atoms with Crippen LogP contribution in [0.2, 0.25) is 0 Å². The Labute approximate surface area is 110 Å². The largest absolute Gasteiger partial charge is 0.301 e. The van der Waals surface area contributed by atoms with E-state index in [4.69, 9.17) is 0 Å². The van der Waals surface area contributed by atoms with Crippen LogP contribution in [0.3, 0.4) is 0 Å². The molecule has 5 nitrogen and oxygen atoms in total. The second kappa shape index (κ2) is 4.51. The summed E-state index contributed by atoms with van der Waals surface area (Å²) < 4.78 is 4.91. The summed E-state index contributed by atoms with van der Waals surface area (Å²) in [6, 6.07) is 7.25. The van der Waals surface area contributed by atoms with Gasteiger partial charge in [0.2, 0.25) is 0 Å². The minimum absolute atomic E-state index is 0.152. The van der Waals surface area contributed by atoms with E-state index in [0.717, 1.165) is 15.8 Å². The zero-order valence-corrected chi connectivity index (χ0v) is 11.0. The summed E-state index contributed by atoms with van der Waals surface area (Å²) in [7, 11) is 0. The van der Waals surface area contributed by atoms with Crippen molar-refractivity contribution >= 4 is 33.5 Å². The van der Waals surface area contributed by atoms with Crippen molar-refractivity contribution in [1.29, 1.82) is 0 Å². The van der Waals surface area contributed by atoms with Gasteiger partial charge in [0.25, 0.3) is 5.56 Å². The highest BCUT2D eigenvalue weighted by Gasteiger charge is 2.06. The fraction of sp³-hybridized carbons (Fsp3) is 0.0909. The van der Waals surface area contributed by atoms with Crippen molar-refractivity contribution in [3.05, 3.63) is 34.6 Å². The Morgan fingerprint density at radius 1 is 1.33 bits per heavy atom. The quantitative estimate of drug-likeness (QED) is 0.573. The molecule has 3 rings (SSSR count). The summed E-state index contributed by atoms with van der Waals surface area (Å²) in [6.07, 6.45) is 1.87. The van der Waals surface area contributed by atoms with E-state index in [1.807, 2.05) is 24.5 Å². The van der Waals surface area contributed by atoms with Crippen LogP contribution in [0.15, 0.2) is 34.2 Å². The van der Waals surface area contributed by atoms with Crippen LogP contribution in [0.4, 0.5) is 0 Å². The monoisotopic (exact) mass is 276 g/mol. The van der Waals surface area contributed by atoms with Gasteiger partial charge in [-0.2, -0.15) is 0 Å². The molecule has 0 saturated carbocycles. The number of rotatable bonds is 2. The van der Waals surface area contributed by atoms with Gasteiger partial charge >= 0.3 is 0 Å². The molecule has 2 heterocycles. The average Bonchev–Trinajstić information content (AvgIpc) is 2.85. The van der Waals surface area contributed by atoms with Crippen molar-refractivity contribution in [2.24, 2.45) is 0 Å². The topological polar surface area (TPSA) is 71.5 Å². The van der Waals surface area contributed by atoms with E-state index in [1.54, 1.807) is 0 Å². The second-order valence-electron chi connectivity index (χ2n) is 3.60. The molecule has 0 aliphatic rings. The van der Waals surface area contributed by atoms with Gasteiger partial charge in [-0.05, 0) is 29.9 Å². The molecule has 1 N–H and O–H groups in total. The molecule has 0 atom stereocenters. The predicted molar refractivity (Wildman–Crippen MR) is 73.0 cm³/mol. The van der Waals surface area contributed by atoms with Gasteiger partial charge in [-0.1, -0.05) is 22.3 Å². The third-order valence-electron chi connectivity index (χ3n) is 2.46. The average molecular weight is 276 g/mol. The summed E-state index contributed by atoms with van der Waals surface area (Å²) in [6.45, 7) is 0. The van der Waals surface area contributed by atoms with Gasteiger partial charge in [0, 0.05) is 11.6 Å². The van der Waals surface area contributed by atoms with Gasteiger partial charge in [0.1, 0.15) is 5.52 Å². The van der Waals surface area contributed by atoms with E-state index in [2.05, 4.69) is 19.6 Å². The van der Waals surface area contributed by atoms with E-state index in [0.29, 0.717) is 10.9 Å². The molecule has 0 fully saturated rings. The van der Waals surface area contributed by atoms with E-state index >= 15 is 0 Å². The first-order valence-corrected chi connectivity index (χ1v) is 7.14. The lowest BCUT2D eigenvalue weighted by molar-refractivity contribution is 0.945. The first-order valence-electron chi connectivity index (χ1n) is 5.14. The van der Waals surface area contributed by atoms with Crippen LogP contribution in [0, 0.1) is 0 Å². The Balaban J connectivity index is 2.18. The standard InChI is InChI=1S/C11H8N4OS2/c1-17-11-12-7(5-10(16)13-11)6-2-3-9-8(4-6)14-15-18-9/h2-5H,1H3,(H,12,13,16). The third kappa shape index (κ3) is 2.02. The van der Waals surface area contributed by atoms with Crippen molar-refractivity contribution in [1.82, 2.24) is 19.6 Å². The van der Waals surface area contributed by atoms with Gasteiger partial charge in [0.15, 0.2) is 5.16 Å². The number of nitrogens with one attached hydrogen (secondary N) is 1. The van der Waals surface area contributed by atoms with Crippen LogP contribution in [0.25, 0.3) is 21.5 Å². The maximum atomic E-state index is 11.5. The van der Waals surface area contributed by atoms with Crippen molar-refractivity contribution in [3.63, 3.8) is 0 Å². The van der Waals surface area contributed by atoms with Crippen LogP contribution in [0.1, 0.15) is 0 Å². The number of H-pyrrole nitrogens is 1. The molecule has 0 unspecified atom stereocenters. The van der Waals surface area contributed by atoms with E-state index in [9.17, 15) is 4.79 Å². The zero-order valence-electron chi connectivity index (χ0n) is 9.38. The lowest BCUT2D eigenvalue weighted by atomic mass is 10.1. The molecule has 0 amide bonds. The lowest BCUT2D eigenvalue weighted by Crippen LogP contribution is -2.07. The SMILES string of the molecule is CSc1nc(-c2ccc3snnc3c2)cc(=O)[nH]1. The van der Waals surface area contributed by atoms with Crippen LogP contribution >= 0.6 is 23.3 Å². The molecule has 1 aromatic carbocycles. The van der Waals surface area contributed by atoms with E-state index in [1.165, 1.54) is 29.4 Å². The predicted octanol–water partition coefficient (Wildman–Crippen LogP) is 2.16. The molecular formula is C11H8N4OS2. The summed E-state index contributed by atoms with van der Waals surface area (Å²) in [5.74, 6) is 0. The maximum Gasteiger partial charge on any atom is 0.252 e. The fourth-order valence-electron chi connectivity index (χ4n) is 1.62. The van der Waals surface area contributed by atoms with Gasteiger partial charge in [-0.3, -0.25) is 4.79 Å². The van der Waals surface area contributed by atoms with Crippen molar-refractivity contribution < 1.29 is 0 Å². The van der Waals surface area contributed by atoms with Crippen LogP contribution in [0.5, 0.6) is 0 Å². The van der Waals surface area contributed by atoms with Crippen molar-refractivity contribution in [2.75, 3.05) is 6.26 Å². The Bertz CT molecular complexity index is 765. The molecule has 0 bridgehead atoms. The molecule has 0 spiro atoms. The van der Waals surface area contributed by atoms with Gasteiger partial charge in [-0.15, -0.1) is 5.10 Å². The Morgan fingerprint density at radius 2 is 2.22 bits per heavy atom.